The van der Waals surface area contributed by atoms with Crippen molar-refractivity contribution in [1.29, 1.82) is 0 Å². The van der Waals surface area contributed by atoms with Gasteiger partial charge in [-0.2, -0.15) is 0 Å². The Morgan fingerprint density at radius 3 is 2.47 bits per heavy atom. The van der Waals surface area contributed by atoms with E-state index < -0.39 is 29.6 Å². The first-order valence-corrected chi connectivity index (χ1v) is 4.29. The van der Waals surface area contributed by atoms with Crippen LogP contribution in [0.3, 0.4) is 0 Å². The second kappa shape index (κ2) is 3.92. The van der Waals surface area contributed by atoms with Gasteiger partial charge in [-0.05, 0) is 6.42 Å². The number of rotatable bonds is 6. The molecule has 5 nitrogen and oxygen atoms in total. The summed E-state index contributed by atoms with van der Waals surface area (Å²) in [6.07, 6.45) is -0.393. The van der Waals surface area contributed by atoms with Gasteiger partial charge in [-0.3, -0.25) is 14.4 Å². The highest BCUT2D eigenvalue weighted by Gasteiger charge is 2.57. The van der Waals surface area contributed by atoms with E-state index >= 15 is 0 Å². The van der Waals surface area contributed by atoms with Gasteiger partial charge >= 0.3 is 0 Å². The molecule has 0 aromatic carbocycles. The Morgan fingerprint density at radius 1 is 1.60 bits per heavy atom. The maximum atomic E-state index is 12.5. The van der Waals surface area contributed by atoms with E-state index in [9.17, 15) is 23.2 Å². The first kappa shape index (κ1) is 11.5. The van der Waals surface area contributed by atoms with Gasteiger partial charge in [0.15, 0.2) is 0 Å². The van der Waals surface area contributed by atoms with Crippen molar-refractivity contribution in [2.75, 3.05) is 0 Å². The molecule has 3 N–H and O–H groups in total. The average Bonchev–Trinajstić information content (AvgIpc) is 2.71. The number of hydrogen-bond acceptors (Lipinski definition) is 3. The van der Waals surface area contributed by atoms with Gasteiger partial charge < -0.3 is 11.1 Å². The second-order valence-electron chi connectivity index (χ2n) is 3.46. The third-order valence-corrected chi connectivity index (χ3v) is 2.30. The van der Waals surface area contributed by atoms with E-state index in [0.717, 1.165) is 0 Å². The number of nitrogens with two attached hydrogens (primary N) is 1. The highest BCUT2D eigenvalue weighted by atomic mass is 19.3. The molecule has 1 saturated carbocycles. The standard InChI is InChI=1S/C8H10F2N2O3/c9-8(10)2-4(8)1-5(12-3-13)6(14)7(11)15/h3-5H,1-2H2,(H2,11,15)(H,12,13). The molecule has 15 heavy (non-hydrogen) atoms. The Labute approximate surface area is 84.0 Å². The molecule has 1 aliphatic carbocycles. The first-order chi connectivity index (χ1) is 6.88. The number of alkyl halides is 2. The van der Waals surface area contributed by atoms with Crippen LogP contribution in [-0.2, 0) is 14.4 Å². The van der Waals surface area contributed by atoms with Crippen LogP contribution in [0.1, 0.15) is 12.8 Å². The van der Waals surface area contributed by atoms with Crippen LogP contribution in [-0.4, -0.2) is 30.1 Å². The van der Waals surface area contributed by atoms with Crippen molar-refractivity contribution in [2.24, 2.45) is 11.7 Å². The highest BCUT2D eigenvalue weighted by Crippen LogP contribution is 2.51. The van der Waals surface area contributed by atoms with Crippen molar-refractivity contribution >= 4 is 18.1 Å². The second-order valence-corrected chi connectivity index (χ2v) is 3.46. The van der Waals surface area contributed by atoms with Crippen LogP contribution in [0, 0.1) is 5.92 Å². The molecular weight excluding hydrogens is 210 g/mol. The molecule has 0 aromatic rings. The van der Waals surface area contributed by atoms with Gasteiger partial charge in [-0.15, -0.1) is 0 Å². The predicted octanol–water partition coefficient (Wildman–Crippen LogP) is -0.799. The number of primary amides is 1. The van der Waals surface area contributed by atoms with Crippen LogP contribution in [0.4, 0.5) is 8.78 Å². The summed E-state index contributed by atoms with van der Waals surface area (Å²) in [5.74, 6) is -6.04. The Kier molecular flexibility index (Phi) is 3.01. The number of halogens is 2. The number of carbonyl (C=O) groups is 3. The topological polar surface area (TPSA) is 89.3 Å². The van der Waals surface area contributed by atoms with Gasteiger partial charge in [0.1, 0.15) is 0 Å². The van der Waals surface area contributed by atoms with Gasteiger partial charge in [-0.1, -0.05) is 0 Å². The van der Waals surface area contributed by atoms with Crippen molar-refractivity contribution in [3.05, 3.63) is 0 Å². The molecule has 0 radical (unpaired) electrons. The zero-order chi connectivity index (χ0) is 11.6. The van der Waals surface area contributed by atoms with E-state index in [1.807, 2.05) is 5.32 Å². The highest BCUT2D eigenvalue weighted by molar-refractivity contribution is 6.37. The number of nitrogens with one attached hydrogen (secondary N) is 1. The molecule has 1 fully saturated rings. The normalized spacial score (nSPS) is 24.0. The number of Topliss-reactive ketones (excluding diaryl/α,β-unsaturated/α-hetero) is 1. The fraction of sp³-hybridized carbons (Fsp3) is 0.625. The van der Waals surface area contributed by atoms with E-state index in [1.54, 1.807) is 0 Å². The minimum absolute atomic E-state index is 0.187. The molecule has 0 aliphatic heterocycles. The zero-order valence-corrected chi connectivity index (χ0v) is 7.70. The third kappa shape index (κ3) is 2.71. The molecule has 0 saturated heterocycles. The Hall–Kier alpha value is -1.53. The van der Waals surface area contributed by atoms with Gasteiger partial charge in [0.25, 0.3) is 11.8 Å². The zero-order valence-electron chi connectivity index (χ0n) is 7.70. The van der Waals surface area contributed by atoms with Crippen molar-refractivity contribution in [3.63, 3.8) is 0 Å². The molecular formula is C8H10F2N2O3. The number of carbonyl (C=O) groups excluding carboxylic acids is 3. The molecule has 2 atom stereocenters. The fourth-order valence-corrected chi connectivity index (χ4v) is 1.31. The number of ketones is 1. The van der Waals surface area contributed by atoms with E-state index in [0.29, 0.717) is 0 Å². The average molecular weight is 220 g/mol. The minimum Gasteiger partial charge on any atom is -0.363 e. The predicted molar refractivity (Wildman–Crippen MR) is 44.9 cm³/mol. The molecule has 0 spiro atoms. The largest absolute Gasteiger partial charge is 0.363 e. The lowest BCUT2D eigenvalue weighted by Crippen LogP contribution is -2.43. The maximum Gasteiger partial charge on any atom is 0.287 e. The summed E-state index contributed by atoms with van der Waals surface area (Å²) < 4.78 is 25.0. The molecule has 0 heterocycles. The molecule has 1 aliphatic rings. The number of amides is 2. The number of hydrogen-bond donors (Lipinski definition) is 2. The van der Waals surface area contributed by atoms with Gasteiger partial charge in [0.05, 0.1) is 6.04 Å². The van der Waals surface area contributed by atoms with Gasteiger partial charge in [0, 0.05) is 12.3 Å². The van der Waals surface area contributed by atoms with Crippen LogP contribution < -0.4 is 11.1 Å². The quantitative estimate of drug-likeness (QED) is 0.453. The van der Waals surface area contributed by atoms with Gasteiger partial charge in [0.2, 0.25) is 12.2 Å². The Bertz CT molecular complexity index is 306. The molecule has 84 valence electrons. The third-order valence-electron chi connectivity index (χ3n) is 2.30. The summed E-state index contributed by atoms with van der Waals surface area (Å²) in [4.78, 5) is 31.7. The Morgan fingerprint density at radius 2 is 2.13 bits per heavy atom. The monoisotopic (exact) mass is 220 g/mol. The van der Waals surface area contributed by atoms with E-state index in [4.69, 9.17) is 5.73 Å². The van der Waals surface area contributed by atoms with Crippen LogP contribution in [0.15, 0.2) is 0 Å². The van der Waals surface area contributed by atoms with E-state index in [2.05, 4.69) is 0 Å². The summed E-state index contributed by atoms with van der Waals surface area (Å²) in [7, 11) is 0. The summed E-state index contributed by atoms with van der Waals surface area (Å²) in [6, 6.07) is -1.24. The van der Waals surface area contributed by atoms with Gasteiger partial charge in [-0.25, -0.2) is 8.78 Å². The van der Waals surface area contributed by atoms with Crippen LogP contribution in [0.25, 0.3) is 0 Å². The fourth-order valence-electron chi connectivity index (χ4n) is 1.31. The molecule has 0 bridgehead atoms. The molecule has 7 heteroatoms. The lowest BCUT2D eigenvalue weighted by atomic mass is 10.1. The van der Waals surface area contributed by atoms with Crippen molar-refractivity contribution < 1.29 is 23.2 Å². The minimum atomic E-state index is -2.79. The lowest BCUT2D eigenvalue weighted by molar-refractivity contribution is -0.137. The smallest absolute Gasteiger partial charge is 0.287 e. The lowest BCUT2D eigenvalue weighted by Gasteiger charge is -2.11. The maximum absolute atomic E-state index is 12.5. The van der Waals surface area contributed by atoms with E-state index in [-0.39, 0.29) is 19.3 Å². The summed E-state index contributed by atoms with van der Waals surface area (Å²) in [5.41, 5.74) is 4.70. The molecule has 2 amide bonds. The summed E-state index contributed by atoms with van der Waals surface area (Å²) in [6.45, 7) is 0. The summed E-state index contributed by atoms with van der Waals surface area (Å²) >= 11 is 0. The molecule has 1 rings (SSSR count). The molecule has 2 unspecified atom stereocenters. The Balaban J connectivity index is 2.55. The SMILES string of the molecule is NC(=O)C(=O)C(CC1CC1(F)F)NC=O. The summed E-state index contributed by atoms with van der Waals surface area (Å²) in [5, 5.41) is 2.01. The van der Waals surface area contributed by atoms with Crippen molar-refractivity contribution in [1.82, 2.24) is 5.32 Å². The van der Waals surface area contributed by atoms with Crippen LogP contribution in [0.5, 0.6) is 0 Å². The van der Waals surface area contributed by atoms with Crippen LogP contribution in [0.2, 0.25) is 0 Å². The molecule has 0 aromatic heterocycles. The van der Waals surface area contributed by atoms with E-state index in [1.165, 1.54) is 0 Å². The van der Waals surface area contributed by atoms with Crippen molar-refractivity contribution in [2.45, 2.75) is 24.8 Å². The first-order valence-electron chi connectivity index (χ1n) is 4.29. The van der Waals surface area contributed by atoms with Crippen LogP contribution >= 0.6 is 0 Å². The van der Waals surface area contributed by atoms with Crippen molar-refractivity contribution in [3.8, 4) is 0 Å².